The van der Waals surface area contributed by atoms with E-state index in [1.165, 1.54) is 6.07 Å². The van der Waals surface area contributed by atoms with Gasteiger partial charge in [-0.05, 0) is 55.9 Å². The van der Waals surface area contributed by atoms with Crippen LogP contribution >= 0.6 is 0 Å². The van der Waals surface area contributed by atoms with E-state index in [9.17, 15) is 17.6 Å². The summed E-state index contributed by atoms with van der Waals surface area (Å²) >= 11 is 0. The summed E-state index contributed by atoms with van der Waals surface area (Å²) in [4.78, 5) is 17.2. The highest BCUT2D eigenvalue weighted by Gasteiger charge is 2.32. The topological polar surface area (TPSA) is 69.7 Å². The average Bonchev–Trinajstić information content (AvgIpc) is 2.84. The molecule has 1 aliphatic carbocycles. The Morgan fingerprint density at radius 1 is 0.906 bits per heavy atom. The van der Waals surface area contributed by atoms with Crippen molar-refractivity contribution >= 4 is 21.6 Å². The Morgan fingerprint density at radius 2 is 1.53 bits per heavy atom. The van der Waals surface area contributed by atoms with Crippen molar-refractivity contribution in [2.75, 3.05) is 37.6 Å². The van der Waals surface area contributed by atoms with Gasteiger partial charge < -0.3 is 9.80 Å². The van der Waals surface area contributed by atoms with Crippen molar-refractivity contribution in [3.8, 4) is 0 Å². The van der Waals surface area contributed by atoms with Gasteiger partial charge in [0.25, 0.3) is 0 Å². The SMILES string of the molecule is O=C(C1CCC(CNS(=O)(=O)c2ccccc2)CC1)N1CCN(c2ccccc2F)CC1. The fourth-order valence-corrected chi connectivity index (χ4v) is 5.80. The smallest absolute Gasteiger partial charge is 0.240 e. The predicted octanol–water partition coefficient (Wildman–Crippen LogP) is 3.26. The first kappa shape index (κ1) is 22.7. The summed E-state index contributed by atoms with van der Waals surface area (Å²) in [5, 5.41) is 0. The number of carbonyl (C=O) groups is 1. The Balaban J connectivity index is 1.22. The number of benzene rings is 2. The first-order valence-electron chi connectivity index (χ1n) is 11.3. The maximum Gasteiger partial charge on any atom is 0.240 e. The quantitative estimate of drug-likeness (QED) is 0.720. The average molecular weight is 460 g/mol. The van der Waals surface area contributed by atoms with E-state index in [0.717, 1.165) is 25.7 Å². The second kappa shape index (κ2) is 10.0. The van der Waals surface area contributed by atoms with E-state index < -0.39 is 10.0 Å². The Bertz CT molecular complexity index is 1020. The van der Waals surface area contributed by atoms with E-state index in [4.69, 9.17) is 0 Å². The van der Waals surface area contributed by atoms with Crippen LogP contribution in [0.15, 0.2) is 59.5 Å². The molecule has 0 bridgehead atoms. The third-order valence-electron chi connectivity index (χ3n) is 6.60. The number of sulfonamides is 1. The molecule has 1 amide bonds. The number of halogens is 1. The zero-order valence-corrected chi connectivity index (χ0v) is 18.9. The van der Waals surface area contributed by atoms with Crippen molar-refractivity contribution in [2.45, 2.75) is 30.6 Å². The number of hydrogen-bond donors (Lipinski definition) is 1. The lowest BCUT2D eigenvalue weighted by Crippen LogP contribution is -2.51. The van der Waals surface area contributed by atoms with Gasteiger partial charge in [0.1, 0.15) is 5.82 Å². The zero-order chi connectivity index (χ0) is 22.6. The molecule has 1 saturated carbocycles. The summed E-state index contributed by atoms with van der Waals surface area (Å²) in [6, 6.07) is 15.1. The molecule has 1 N–H and O–H groups in total. The molecule has 0 atom stereocenters. The van der Waals surface area contributed by atoms with Crippen LogP contribution in [0.1, 0.15) is 25.7 Å². The highest BCUT2D eigenvalue weighted by atomic mass is 32.2. The van der Waals surface area contributed by atoms with E-state index in [1.54, 1.807) is 42.5 Å². The zero-order valence-electron chi connectivity index (χ0n) is 18.1. The minimum absolute atomic E-state index is 0.00279. The van der Waals surface area contributed by atoms with Gasteiger partial charge in [-0.25, -0.2) is 17.5 Å². The molecule has 1 saturated heterocycles. The molecule has 0 radical (unpaired) electrons. The highest BCUT2D eigenvalue weighted by Crippen LogP contribution is 2.30. The minimum atomic E-state index is -3.49. The third kappa shape index (κ3) is 5.30. The maximum absolute atomic E-state index is 14.0. The summed E-state index contributed by atoms with van der Waals surface area (Å²) in [5.41, 5.74) is 0.595. The number of carbonyl (C=O) groups excluding carboxylic acids is 1. The molecule has 4 rings (SSSR count). The molecule has 1 heterocycles. The van der Waals surface area contributed by atoms with Crippen LogP contribution in [0.4, 0.5) is 10.1 Å². The molecule has 172 valence electrons. The normalized spacial score (nSPS) is 22.0. The molecule has 1 aliphatic heterocycles. The summed E-state index contributed by atoms with van der Waals surface area (Å²) in [6.45, 7) is 2.86. The summed E-state index contributed by atoms with van der Waals surface area (Å²) < 4.78 is 41.6. The molecule has 8 heteroatoms. The van der Waals surface area contributed by atoms with Crippen molar-refractivity contribution < 1.29 is 17.6 Å². The molecule has 2 aromatic carbocycles. The lowest BCUT2D eigenvalue weighted by Gasteiger charge is -2.39. The van der Waals surface area contributed by atoms with E-state index in [-0.39, 0.29) is 28.5 Å². The van der Waals surface area contributed by atoms with Gasteiger partial charge in [0.15, 0.2) is 0 Å². The Morgan fingerprint density at radius 3 is 2.19 bits per heavy atom. The highest BCUT2D eigenvalue weighted by molar-refractivity contribution is 7.89. The Labute approximate surface area is 189 Å². The van der Waals surface area contributed by atoms with Crippen LogP contribution < -0.4 is 9.62 Å². The summed E-state index contributed by atoms with van der Waals surface area (Å²) in [6.07, 6.45) is 3.24. The molecule has 32 heavy (non-hydrogen) atoms. The number of amides is 1. The van der Waals surface area contributed by atoms with Gasteiger partial charge in [-0.15, -0.1) is 0 Å². The first-order chi connectivity index (χ1) is 15.4. The monoisotopic (exact) mass is 459 g/mol. The van der Waals surface area contributed by atoms with Crippen LogP contribution in [-0.4, -0.2) is 51.9 Å². The van der Waals surface area contributed by atoms with Crippen molar-refractivity contribution in [1.29, 1.82) is 0 Å². The van der Waals surface area contributed by atoms with Gasteiger partial charge in [-0.2, -0.15) is 0 Å². The van der Waals surface area contributed by atoms with E-state index in [2.05, 4.69) is 4.72 Å². The number of nitrogens with one attached hydrogen (secondary N) is 1. The molecule has 2 aliphatic rings. The molecular weight excluding hydrogens is 429 g/mol. The second-order valence-electron chi connectivity index (χ2n) is 8.65. The number of nitrogens with zero attached hydrogens (tertiary/aromatic N) is 2. The van der Waals surface area contributed by atoms with Gasteiger partial charge >= 0.3 is 0 Å². The van der Waals surface area contributed by atoms with Crippen molar-refractivity contribution in [3.05, 3.63) is 60.4 Å². The fourth-order valence-electron chi connectivity index (χ4n) is 4.66. The second-order valence-corrected chi connectivity index (χ2v) is 10.4. The number of para-hydroxylation sites is 1. The van der Waals surface area contributed by atoms with Gasteiger partial charge in [0.05, 0.1) is 10.6 Å². The number of piperazine rings is 1. The Kier molecular flexibility index (Phi) is 7.10. The standard InChI is InChI=1S/C24H30FN3O3S/c25-22-8-4-5-9-23(22)27-14-16-28(17-15-27)24(29)20-12-10-19(11-13-20)18-26-32(30,31)21-6-2-1-3-7-21/h1-9,19-20,26H,10-18H2. The van der Waals surface area contributed by atoms with Gasteiger partial charge in [-0.1, -0.05) is 30.3 Å². The minimum Gasteiger partial charge on any atom is -0.366 e. The maximum atomic E-state index is 14.0. The van der Waals surface area contributed by atoms with Gasteiger partial charge in [0, 0.05) is 38.6 Å². The number of rotatable bonds is 6. The van der Waals surface area contributed by atoms with E-state index in [0.29, 0.717) is 38.4 Å². The molecule has 0 unspecified atom stereocenters. The van der Waals surface area contributed by atoms with Gasteiger partial charge in [0.2, 0.25) is 15.9 Å². The van der Waals surface area contributed by atoms with Crippen LogP contribution in [0.3, 0.4) is 0 Å². The van der Waals surface area contributed by atoms with Crippen molar-refractivity contribution in [1.82, 2.24) is 9.62 Å². The van der Waals surface area contributed by atoms with Crippen molar-refractivity contribution in [2.24, 2.45) is 11.8 Å². The lowest BCUT2D eigenvalue weighted by atomic mass is 9.81. The number of anilines is 1. The third-order valence-corrected chi connectivity index (χ3v) is 8.04. The number of hydrogen-bond acceptors (Lipinski definition) is 4. The molecule has 0 aromatic heterocycles. The van der Waals surface area contributed by atoms with Crippen molar-refractivity contribution in [3.63, 3.8) is 0 Å². The van der Waals surface area contributed by atoms with Crippen LogP contribution in [0.25, 0.3) is 0 Å². The van der Waals surface area contributed by atoms with E-state index in [1.807, 2.05) is 15.9 Å². The van der Waals surface area contributed by atoms with Crippen LogP contribution in [0, 0.1) is 17.7 Å². The predicted molar refractivity (Wildman–Crippen MR) is 122 cm³/mol. The Hall–Kier alpha value is -2.45. The molecule has 2 fully saturated rings. The largest absolute Gasteiger partial charge is 0.366 e. The van der Waals surface area contributed by atoms with Crippen LogP contribution in [-0.2, 0) is 14.8 Å². The van der Waals surface area contributed by atoms with Gasteiger partial charge in [-0.3, -0.25) is 4.79 Å². The van der Waals surface area contributed by atoms with Crippen LogP contribution in [0.2, 0.25) is 0 Å². The summed E-state index contributed by atoms with van der Waals surface area (Å²) in [5.74, 6) is 0.197. The molecule has 2 aromatic rings. The first-order valence-corrected chi connectivity index (χ1v) is 12.8. The summed E-state index contributed by atoms with van der Waals surface area (Å²) in [7, 11) is -3.49. The fraction of sp³-hybridized carbons (Fsp3) is 0.458. The molecular formula is C24H30FN3O3S. The molecule has 0 spiro atoms. The van der Waals surface area contributed by atoms with E-state index >= 15 is 0 Å². The lowest BCUT2D eigenvalue weighted by molar-refractivity contribution is -0.137. The van der Waals surface area contributed by atoms with Crippen LogP contribution in [0.5, 0.6) is 0 Å². The molecule has 6 nitrogen and oxygen atoms in total.